The fourth-order valence-electron chi connectivity index (χ4n) is 2.06. The van der Waals surface area contributed by atoms with Crippen LogP contribution in [0.2, 0.25) is 5.02 Å². The molecule has 0 saturated carbocycles. The minimum atomic E-state index is -1.18. The lowest BCUT2D eigenvalue weighted by atomic mass is 10.2. The summed E-state index contributed by atoms with van der Waals surface area (Å²) in [6.45, 7) is 1.34. The number of carbonyl (C=O) groups excluding carboxylic acids is 1. The number of methoxy groups -OCH3 is 1. The Balaban J connectivity index is 2.21. The Morgan fingerprint density at radius 2 is 1.80 bits per heavy atom. The average Bonchev–Trinajstić information content (AvgIpc) is 2.62. The largest absolute Gasteiger partial charge is 0.497 e. The number of carboxylic acids is 1. The van der Waals surface area contributed by atoms with Crippen LogP contribution < -0.4 is 4.74 Å². The molecule has 2 aromatic rings. The number of halogens is 1. The summed E-state index contributed by atoms with van der Waals surface area (Å²) in [5.74, 6) is -1.16. The fourth-order valence-corrected chi connectivity index (χ4v) is 2.25. The Hall–Kier alpha value is -2.57. The molecular formula is C18H18ClNO5. The summed E-state index contributed by atoms with van der Waals surface area (Å²) < 4.78 is 5.05. The molecule has 1 atom stereocenters. The third-order valence-corrected chi connectivity index (χ3v) is 3.93. The highest BCUT2D eigenvalue weighted by atomic mass is 35.5. The smallest absolute Gasteiger partial charge is 0.328 e. The number of aliphatic carboxylic acids is 1. The molecule has 1 amide bonds. The van der Waals surface area contributed by atoms with E-state index >= 15 is 0 Å². The van der Waals surface area contributed by atoms with Crippen LogP contribution in [0.3, 0.4) is 0 Å². The number of nitrogens with zero attached hydrogens (tertiary/aromatic N) is 1. The highest BCUT2D eigenvalue weighted by molar-refractivity contribution is 6.31. The number of benzene rings is 2. The van der Waals surface area contributed by atoms with Gasteiger partial charge >= 0.3 is 5.97 Å². The van der Waals surface area contributed by atoms with E-state index < -0.39 is 17.9 Å². The molecule has 0 bridgehead atoms. The molecule has 7 heteroatoms. The van der Waals surface area contributed by atoms with Crippen molar-refractivity contribution in [1.29, 1.82) is 0 Å². The van der Waals surface area contributed by atoms with E-state index in [0.29, 0.717) is 16.3 Å². The monoisotopic (exact) mass is 363 g/mol. The van der Waals surface area contributed by atoms with Gasteiger partial charge in [-0.3, -0.25) is 9.63 Å². The van der Waals surface area contributed by atoms with Crippen LogP contribution >= 0.6 is 11.6 Å². The Kier molecular flexibility index (Phi) is 6.38. The van der Waals surface area contributed by atoms with E-state index in [1.54, 1.807) is 48.5 Å². The number of hydrogen-bond donors (Lipinski definition) is 1. The lowest BCUT2D eigenvalue weighted by molar-refractivity contribution is -0.178. The summed E-state index contributed by atoms with van der Waals surface area (Å²) in [7, 11) is 1.52. The van der Waals surface area contributed by atoms with Crippen molar-refractivity contribution in [2.75, 3.05) is 7.11 Å². The summed E-state index contributed by atoms with van der Waals surface area (Å²) in [5.41, 5.74) is 0.933. The Morgan fingerprint density at radius 3 is 2.36 bits per heavy atom. The van der Waals surface area contributed by atoms with E-state index in [0.717, 1.165) is 5.06 Å². The van der Waals surface area contributed by atoms with Crippen LogP contribution in [0.25, 0.3) is 0 Å². The van der Waals surface area contributed by atoms with Gasteiger partial charge < -0.3 is 9.84 Å². The van der Waals surface area contributed by atoms with Gasteiger partial charge in [0, 0.05) is 10.6 Å². The molecule has 0 aliphatic carbocycles. The van der Waals surface area contributed by atoms with Gasteiger partial charge in [-0.2, -0.15) is 0 Å². The zero-order valence-corrected chi connectivity index (χ0v) is 14.6. The summed E-state index contributed by atoms with van der Waals surface area (Å²) in [4.78, 5) is 29.5. The first-order valence-corrected chi connectivity index (χ1v) is 7.88. The first-order chi connectivity index (χ1) is 11.9. The van der Waals surface area contributed by atoms with E-state index in [4.69, 9.17) is 21.2 Å². The van der Waals surface area contributed by atoms with Crippen molar-refractivity contribution in [2.24, 2.45) is 0 Å². The summed E-state index contributed by atoms with van der Waals surface area (Å²) >= 11 is 6.07. The van der Waals surface area contributed by atoms with Crippen molar-refractivity contribution in [3.8, 4) is 5.75 Å². The van der Waals surface area contributed by atoms with E-state index in [-0.39, 0.29) is 12.2 Å². The summed E-state index contributed by atoms with van der Waals surface area (Å²) in [5, 5.41) is 10.6. The number of ether oxygens (including phenoxy) is 1. The van der Waals surface area contributed by atoms with Crippen LogP contribution in [0.15, 0.2) is 48.5 Å². The lowest BCUT2D eigenvalue weighted by Crippen LogP contribution is -2.43. The Morgan fingerprint density at radius 1 is 1.16 bits per heavy atom. The molecule has 1 unspecified atom stereocenters. The van der Waals surface area contributed by atoms with Crippen molar-refractivity contribution < 1.29 is 24.3 Å². The molecule has 0 aromatic heterocycles. The molecule has 0 spiro atoms. The van der Waals surface area contributed by atoms with Crippen LogP contribution in [0.1, 0.15) is 22.8 Å². The molecule has 0 saturated heterocycles. The molecular weight excluding hydrogens is 346 g/mol. The zero-order valence-electron chi connectivity index (χ0n) is 13.8. The second-order valence-corrected chi connectivity index (χ2v) is 5.65. The van der Waals surface area contributed by atoms with Gasteiger partial charge in [0.25, 0.3) is 5.91 Å². The van der Waals surface area contributed by atoms with E-state index in [1.165, 1.54) is 14.0 Å². The molecule has 25 heavy (non-hydrogen) atoms. The lowest BCUT2D eigenvalue weighted by Gasteiger charge is -2.25. The van der Waals surface area contributed by atoms with Crippen molar-refractivity contribution in [3.05, 3.63) is 64.7 Å². The second-order valence-electron chi connectivity index (χ2n) is 5.24. The van der Waals surface area contributed by atoms with E-state index in [1.807, 2.05) is 0 Å². The van der Waals surface area contributed by atoms with Gasteiger partial charge in [0.15, 0.2) is 6.04 Å². The third kappa shape index (κ3) is 4.71. The number of carbonyl (C=O) groups is 2. The summed E-state index contributed by atoms with van der Waals surface area (Å²) in [6.07, 6.45) is 0. The zero-order chi connectivity index (χ0) is 18.4. The average molecular weight is 364 g/mol. The molecule has 0 heterocycles. The van der Waals surface area contributed by atoms with Gasteiger partial charge in [0.05, 0.1) is 7.11 Å². The molecule has 0 fully saturated rings. The molecule has 1 N–H and O–H groups in total. The first kappa shape index (κ1) is 18.8. The number of hydroxylamine groups is 2. The predicted octanol–water partition coefficient (Wildman–Crippen LogP) is 3.40. The summed E-state index contributed by atoms with van der Waals surface area (Å²) in [6, 6.07) is 12.1. The minimum absolute atomic E-state index is 0.0286. The van der Waals surface area contributed by atoms with Gasteiger partial charge in [-0.05, 0) is 42.8 Å². The number of rotatable bonds is 7. The van der Waals surface area contributed by atoms with Gasteiger partial charge in [-0.25, -0.2) is 9.86 Å². The van der Waals surface area contributed by atoms with E-state index in [9.17, 15) is 14.7 Å². The predicted molar refractivity (Wildman–Crippen MR) is 92.5 cm³/mol. The third-order valence-electron chi connectivity index (χ3n) is 3.56. The van der Waals surface area contributed by atoms with Crippen LogP contribution in [-0.4, -0.2) is 35.2 Å². The minimum Gasteiger partial charge on any atom is -0.497 e. The fraction of sp³-hybridized carbons (Fsp3) is 0.222. The Labute approximate surface area is 150 Å². The quantitative estimate of drug-likeness (QED) is 0.763. The first-order valence-electron chi connectivity index (χ1n) is 7.50. The van der Waals surface area contributed by atoms with Crippen LogP contribution in [0.4, 0.5) is 0 Å². The van der Waals surface area contributed by atoms with Crippen molar-refractivity contribution in [1.82, 2.24) is 5.06 Å². The van der Waals surface area contributed by atoms with Crippen molar-refractivity contribution in [2.45, 2.75) is 19.6 Å². The van der Waals surface area contributed by atoms with Gasteiger partial charge in [0.1, 0.15) is 12.4 Å². The normalized spacial score (nSPS) is 11.6. The number of carboxylic acid groups (broad SMARTS) is 1. The maximum atomic E-state index is 12.7. The van der Waals surface area contributed by atoms with Crippen LogP contribution in [0, 0.1) is 0 Å². The molecule has 0 aliphatic rings. The topological polar surface area (TPSA) is 76.1 Å². The van der Waals surface area contributed by atoms with Crippen LogP contribution in [-0.2, 0) is 16.2 Å². The molecule has 0 aliphatic heterocycles. The Bertz CT molecular complexity index is 747. The molecule has 6 nitrogen and oxygen atoms in total. The highest BCUT2D eigenvalue weighted by Crippen LogP contribution is 2.19. The maximum Gasteiger partial charge on any atom is 0.328 e. The van der Waals surface area contributed by atoms with Gasteiger partial charge in [0.2, 0.25) is 0 Å². The highest BCUT2D eigenvalue weighted by Gasteiger charge is 2.28. The standard InChI is InChI=1S/C18H18ClNO5/c1-12(18(22)23)20(25-11-14-5-3-4-6-16(14)19)17(21)13-7-9-15(24-2)10-8-13/h3-10,12H,11H2,1-2H3,(H,22,23). The van der Waals surface area contributed by atoms with Crippen molar-refractivity contribution >= 4 is 23.5 Å². The molecule has 2 aromatic carbocycles. The molecule has 132 valence electrons. The number of hydrogen-bond acceptors (Lipinski definition) is 4. The van der Waals surface area contributed by atoms with E-state index in [2.05, 4.69) is 0 Å². The second kappa shape index (κ2) is 8.50. The van der Waals surface area contributed by atoms with Gasteiger partial charge in [-0.1, -0.05) is 29.8 Å². The molecule has 2 rings (SSSR count). The SMILES string of the molecule is COc1ccc(C(=O)N(OCc2ccccc2Cl)C(C)C(=O)O)cc1. The number of amides is 1. The maximum absolute atomic E-state index is 12.7. The van der Waals surface area contributed by atoms with Crippen molar-refractivity contribution in [3.63, 3.8) is 0 Å². The van der Waals surface area contributed by atoms with Crippen LogP contribution in [0.5, 0.6) is 5.75 Å². The molecule has 0 radical (unpaired) electrons. The van der Waals surface area contributed by atoms with Gasteiger partial charge in [-0.15, -0.1) is 0 Å².